The summed E-state index contributed by atoms with van der Waals surface area (Å²) < 4.78 is 0. The van der Waals surface area contributed by atoms with Gasteiger partial charge >= 0.3 is 0 Å². The number of carbonyl (C=O) groups excluding carboxylic acids is 2. The third-order valence-electron chi connectivity index (χ3n) is 5.26. The summed E-state index contributed by atoms with van der Waals surface area (Å²) in [4.78, 5) is 27.3. The number of likely N-dealkylation sites (tertiary alicyclic amines) is 1. The minimum absolute atomic E-state index is 0.00411. The van der Waals surface area contributed by atoms with Gasteiger partial charge in [0.25, 0.3) is 11.8 Å². The molecule has 1 saturated heterocycles. The number of piperidine rings is 1. The molecule has 2 unspecified atom stereocenters. The highest BCUT2D eigenvalue weighted by atomic mass is 16.2. The van der Waals surface area contributed by atoms with Crippen LogP contribution in [-0.2, 0) is 0 Å². The third kappa shape index (κ3) is 4.55. The van der Waals surface area contributed by atoms with Gasteiger partial charge in [-0.15, -0.1) is 0 Å². The van der Waals surface area contributed by atoms with Crippen LogP contribution < -0.4 is 11.1 Å². The van der Waals surface area contributed by atoms with Crippen LogP contribution in [0.25, 0.3) is 0 Å². The highest BCUT2D eigenvalue weighted by Crippen LogP contribution is 2.23. The predicted octanol–water partition coefficient (Wildman–Crippen LogP) is 3.45. The van der Waals surface area contributed by atoms with Gasteiger partial charge in [0.1, 0.15) is 0 Å². The summed E-state index contributed by atoms with van der Waals surface area (Å²) in [6, 6.07) is 14.6. The lowest BCUT2D eigenvalue weighted by Crippen LogP contribution is -2.45. The SMILES string of the molecule is Cc1ccc(C(=O)N2CCCC(C(C)N)C2)cc1NC(=O)c1ccccc1. The molecule has 3 rings (SSSR count). The molecule has 0 saturated carbocycles. The van der Waals surface area contributed by atoms with Crippen LogP contribution in [0.5, 0.6) is 0 Å². The van der Waals surface area contributed by atoms with E-state index in [4.69, 9.17) is 5.73 Å². The lowest BCUT2D eigenvalue weighted by Gasteiger charge is -2.34. The number of nitrogens with one attached hydrogen (secondary N) is 1. The second-order valence-corrected chi connectivity index (χ2v) is 7.36. The number of nitrogens with zero attached hydrogens (tertiary/aromatic N) is 1. The predicted molar refractivity (Wildman–Crippen MR) is 108 cm³/mol. The van der Waals surface area contributed by atoms with Crippen molar-refractivity contribution in [2.45, 2.75) is 32.7 Å². The van der Waals surface area contributed by atoms with Gasteiger partial charge in [0.05, 0.1) is 0 Å². The normalized spacial score (nSPS) is 18.0. The number of hydrogen-bond donors (Lipinski definition) is 2. The van der Waals surface area contributed by atoms with Crippen molar-refractivity contribution in [3.05, 3.63) is 65.2 Å². The molecule has 1 aliphatic rings. The zero-order valence-corrected chi connectivity index (χ0v) is 15.9. The standard InChI is InChI=1S/C22H27N3O2/c1-15-10-11-18(22(27)25-12-6-9-19(14-25)16(2)23)13-20(15)24-21(26)17-7-4-3-5-8-17/h3-5,7-8,10-11,13,16,19H,6,9,12,14,23H2,1-2H3,(H,24,26). The first kappa shape index (κ1) is 19.1. The van der Waals surface area contributed by atoms with Gasteiger partial charge in [-0.05, 0) is 62.4 Å². The minimum Gasteiger partial charge on any atom is -0.338 e. The molecule has 1 heterocycles. The van der Waals surface area contributed by atoms with Crippen LogP contribution in [0.2, 0.25) is 0 Å². The third-order valence-corrected chi connectivity index (χ3v) is 5.26. The Labute approximate surface area is 160 Å². The maximum absolute atomic E-state index is 13.0. The molecular weight excluding hydrogens is 338 g/mol. The summed E-state index contributed by atoms with van der Waals surface area (Å²) in [6.45, 7) is 5.36. The van der Waals surface area contributed by atoms with E-state index in [0.29, 0.717) is 29.3 Å². The quantitative estimate of drug-likeness (QED) is 0.871. The average molecular weight is 365 g/mol. The fourth-order valence-corrected chi connectivity index (χ4v) is 3.48. The molecule has 2 atom stereocenters. The number of carbonyl (C=O) groups is 2. The lowest BCUT2D eigenvalue weighted by atomic mass is 9.92. The molecule has 0 aliphatic carbocycles. The number of rotatable bonds is 4. The van der Waals surface area contributed by atoms with Crippen LogP contribution in [0.15, 0.2) is 48.5 Å². The maximum atomic E-state index is 13.0. The summed E-state index contributed by atoms with van der Waals surface area (Å²) in [5.41, 5.74) is 8.80. The van der Waals surface area contributed by atoms with Gasteiger partial charge in [-0.3, -0.25) is 9.59 Å². The van der Waals surface area contributed by atoms with Gasteiger partial charge in [0.15, 0.2) is 0 Å². The van der Waals surface area contributed by atoms with E-state index in [1.54, 1.807) is 18.2 Å². The average Bonchev–Trinajstić information content (AvgIpc) is 2.69. The summed E-state index contributed by atoms with van der Waals surface area (Å²) in [6.07, 6.45) is 2.04. The van der Waals surface area contributed by atoms with E-state index in [-0.39, 0.29) is 17.9 Å². The smallest absolute Gasteiger partial charge is 0.255 e. The van der Waals surface area contributed by atoms with Gasteiger partial charge in [-0.2, -0.15) is 0 Å². The van der Waals surface area contributed by atoms with Crippen molar-refractivity contribution < 1.29 is 9.59 Å². The fraction of sp³-hybridized carbons (Fsp3) is 0.364. The number of aryl methyl sites for hydroxylation is 1. The number of nitrogens with two attached hydrogens (primary N) is 1. The van der Waals surface area contributed by atoms with Gasteiger partial charge in [-0.1, -0.05) is 24.3 Å². The molecule has 0 spiro atoms. The van der Waals surface area contributed by atoms with Crippen LogP contribution in [-0.4, -0.2) is 35.8 Å². The zero-order valence-electron chi connectivity index (χ0n) is 15.9. The van der Waals surface area contributed by atoms with E-state index in [9.17, 15) is 9.59 Å². The van der Waals surface area contributed by atoms with Crippen LogP contribution >= 0.6 is 0 Å². The van der Waals surface area contributed by atoms with Crippen LogP contribution in [0, 0.1) is 12.8 Å². The first-order valence-electron chi connectivity index (χ1n) is 9.47. The van der Waals surface area contributed by atoms with Crippen molar-refractivity contribution in [1.82, 2.24) is 4.90 Å². The fourth-order valence-electron chi connectivity index (χ4n) is 3.48. The van der Waals surface area contributed by atoms with Crippen molar-refractivity contribution in [2.24, 2.45) is 11.7 Å². The second kappa shape index (κ2) is 8.35. The van der Waals surface area contributed by atoms with Gasteiger partial charge in [-0.25, -0.2) is 0 Å². The van der Waals surface area contributed by atoms with Crippen molar-refractivity contribution in [2.75, 3.05) is 18.4 Å². The van der Waals surface area contributed by atoms with Crippen LogP contribution in [0.3, 0.4) is 0 Å². The molecule has 0 bridgehead atoms. The van der Waals surface area contributed by atoms with Gasteiger partial charge < -0.3 is 16.0 Å². The van der Waals surface area contributed by atoms with Crippen molar-refractivity contribution >= 4 is 17.5 Å². The van der Waals surface area contributed by atoms with Crippen molar-refractivity contribution in [3.8, 4) is 0 Å². The number of amides is 2. The van der Waals surface area contributed by atoms with E-state index in [1.165, 1.54) is 0 Å². The molecule has 2 amide bonds. The number of benzene rings is 2. The molecule has 1 aliphatic heterocycles. The van der Waals surface area contributed by atoms with E-state index in [1.807, 2.05) is 49.1 Å². The topological polar surface area (TPSA) is 75.4 Å². The Bertz CT molecular complexity index is 818. The summed E-state index contributed by atoms with van der Waals surface area (Å²) in [7, 11) is 0. The summed E-state index contributed by atoms with van der Waals surface area (Å²) >= 11 is 0. The summed E-state index contributed by atoms with van der Waals surface area (Å²) in [5.74, 6) is 0.152. The highest BCUT2D eigenvalue weighted by Gasteiger charge is 2.26. The van der Waals surface area contributed by atoms with Gasteiger partial charge in [0.2, 0.25) is 0 Å². The van der Waals surface area contributed by atoms with E-state index >= 15 is 0 Å². The Morgan fingerprint density at radius 2 is 1.89 bits per heavy atom. The Balaban J connectivity index is 1.76. The molecule has 142 valence electrons. The first-order valence-corrected chi connectivity index (χ1v) is 9.47. The minimum atomic E-state index is -0.182. The zero-order chi connectivity index (χ0) is 19.4. The number of anilines is 1. The largest absolute Gasteiger partial charge is 0.338 e. The molecule has 3 N–H and O–H groups in total. The molecule has 1 fully saturated rings. The Morgan fingerprint density at radius 3 is 2.59 bits per heavy atom. The lowest BCUT2D eigenvalue weighted by molar-refractivity contribution is 0.0660. The van der Waals surface area contributed by atoms with Crippen LogP contribution in [0.1, 0.15) is 46.0 Å². The van der Waals surface area contributed by atoms with Crippen molar-refractivity contribution in [3.63, 3.8) is 0 Å². The molecule has 2 aromatic rings. The molecule has 2 aromatic carbocycles. The molecule has 0 radical (unpaired) electrons. The molecular formula is C22H27N3O2. The van der Waals surface area contributed by atoms with Crippen molar-refractivity contribution in [1.29, 1.82) is 0 Å². The highest BCUT2D eigenvalue weighted by molar-refractivity contribution is 6.05. The Hall–Kier alpha value is -2.66. The summed E-state index contributed by atoms with van der Waals surface area (Å²) in [5, 5.41) is 2.92. The van der Waals surface area contributed by atoms with E-state index in [2.05, 4.69) is 5.32 Å². The van der Waals surface area contributed by atoms with Gasteiger partial charge in [0, 0.05) is 35.9 Å². The maximum Gasteiger partial charge on any atom is 0.255 e. The first-order chi connectivity index (χ1) is 13.0. The Morgan fingerprint density at radius 1 is 1.15 bits per heavy atom. The van der Waals surface area contributed by atoms with E-state index < -0.39 is 0 Å². The molecule has 27 heavy (non-hydrogen) atoms. The molecule has 0 aromatic heterocycles. The second-order valence-electron chi connectivity index (χ2n) is 7.36. The van der Waals surface area contributed by atoms with Crippen LogP contribution in [0.4, 0.5) is 5.69 Å². The van der Waals surface area contributed by atoms with E-state index in [0.717, 1.165) is 24.9 Å². The monoisotopic (exact) mass is 365 g/mol. The molecule has 5 heteroatoms. The Kier molecular flexibility index (Phi) is 5.91. The molecule has 5 nitrogen and oxygen atoms in total. The number of hydrogen-bond acceptors (Lipinski definition) is 3.